The number of carbonyl (C=O) groups is 1. The van der Waals surface area contributed by atoms with Crippen LogP contribution in [0.1, 0.15) is 56.5 Å². The summed E-state index contributed by atoms with van der Waals surface area (Å²) in [5.74, 6) is 0. The monoisotopic (exact) mass is 414 g/mol. The Morgan fingerprint density at radius 3 is 2.77 bits per heavy atom. The van der Waals surface area contributed by atoms with Gasteiger partial charge in [0.15, 0.2) is 0 Å². The molecular formula is C23H34N4O3. The van der Waals surface area contributed by atoms with Crippen molar-refractivity contribution < 1.29 is 14.6 Å². The molecule has 0 saturated carbocycles. The predicted molar refractivity (Wildman–Crippen MR) is 116 cm³/mol. The highest BCUT2D eigenvalue weighted by atomic mass is 16.6. The summed E-state index contributed by atoms with van der Waals surface area (Å²) in [7, 11) is 0. The summed E-state index contributed by atoms with van der Waals surface area (Å²) in [6.07, 6.45) is 2.92. The number of aryl methyl sites for hydroxylation is 1. The second kappa shape index (κ2) is 9.62. The minimum absolute atomic E-state index is 0.0264. The highest BCUT2D eigenvalue weighted by Crippen LogP contribution is 2.30. The third kappa shape index (κ3) is 6.06. The largest absolute Gasteiger partial charge is 0.444 e. The van der Waals surface area contributed by atoms with Crippen molar-refractivity contribution in [3.8, 4) is 0 Å². The van der Waals surface area contributed by atoms with Gasteiger partial charge in [-0.25, -0.2) is 4.79 Å². The average molecular weight is 415 g/mol. The fourth-order valence-electron chi connectivity index (χ4n) is 3.99. The predicted octanol–water partition coefficient (Wildman–Crippen LogP) is 3.26. The van der Waals surface area contributed by atoms with Crippen LogP contribution < -0.4 is 5.32 Å². The molecule has 2 heterocycles. The molecule has 2 N–H and O–H groups in total. The molecule has 7 heteroatoms. The Morgan fingerprint density at radius 1 is 1.33 bits per heavy atom. The van der Waals surface area contributed by atoms with Crippen LogP contribution in [0.15, 0.2) is 36.5 Å². The molecule has 164 valence electrons. The zero-order chi connectivity index (χ0) is 21.7. The summed E-state index contributed by atoms with van der Waals surface area (Å²) in [5, 5.41) is 18.5. The topological polar surface area (TPSA) is 79.6 Å². The minimum atomic E-state index is -0.599. The van der Waals surface area contributed by atoms with Gasteiger partial charge < -0.3 is 15.2 Å². The standard InChI is InChI=1S/C23H34N4O3/c1-17-19(16-27(25-17)15-18-9-6-5-7-10-18)21(28)20-11-8-13-26(20)14-12-24-22(29)30-23(2,3)4/h5-7,9-10,16,20-21,28H,8,11-15H2,1-4H3,(H,24,29)/t20-,21?/m0/s1. The van der Waals surface area contributed by atoms with Crippen LogP contribution >= 0.6 is 0 Å². The molecule has 1 aromatic heterocycles. The maximum atomic E-state index is 11.9. The zero-order valence-electron chi connectivity index (χ0n) is 18.5. The molecule has 1 aromatic carbocycles. The number of likely N-dealkylation sites (tertiary alicyclic amines) is 1. The molecule has 0 radical (unpaired) electrons. The van der Waals surface area contributed by atoms with Gasteiger partial charge in [-0.15, -0.1) is 0 Å². The summed E-state index contributed by atoms with van der Waals surface area (Å²) < 4.78 is 7.18. The van der Waals surface area contributed by atoms with E-state index in [4.69, 9.17) is 4.74 Å². The number of hydrogen-bond donors (Lipinski definition) is 2. The molecule has 30 heavy (non-hydrogen) atoms. The molecule has 2 atom stereocenters. The Hall–Kier alpha value is -2.38. The van der Waals surface area contributed by atoms with Gasteiger partial charge in [0.25, 0.3) is 0 Å². The summed E-state index contributed by atoms with van der Waals surface area (Å²) in [5.41, 5.74) is 2.41. The van der Waals surface area contributed by atoms with Crippen LogP contribution in [-0.4, -0.2) is 57.2 Å². The van der Waals surface area contributed by atoms with Crippen LogP contribution in [0, 0.1) is 6.92 Å². The molecule has 2 aromatic rings. The first-order valence-electron chi connectivity index (χ1n) is 10.7. The van der Waals surface area contributed by atoms with Gasteiger partial charge in [-0.1, -0.05) is 30.3 Å². The highest BCUT2D eigenvalue weighted by molar-refractivity contribution is 5.67. The normalized spacial score (nSPS) is 18.4. The number of amides is 1. The maximum absolute atomic E-state index is 11.9. The van der Waals surface area contributed by atoms with E-state index >= 15 is 0 Å². The van der Waals surface area contributed by atoms with Crippen molar-refractivity contribution in [3.63, 3.8) is 0 Å². The number of aliphatic hydroxyl groups excluding tert-OH is 1. The number of aliphatic hydroxyl groups is 1. The van der Waals surface area contributed by atoms with Crippen LogP contribution in [0.3, 0.4) is 0 Å². The fourth-order valence-corrected chi connectivity index (χ4v) is 3.99. The molecule has 1 saturated heterocycles. The van der Waals surface area contributed by atoms with Crippen molar-refractivity contribution in [2.75, 3.05) is 19.6 Å². The Labute approximate surface area is 179 Å². The lowest BCUT2D eigenvalue weighted by Gasteiger charge is -2.28. The second-order valence-corrected chi connectivity index (χ2v) is 8.97. The summed E-state index contributed by atoms with van der Waals surface area (Å²) in [4.78, 5) is 14.1. The van der Waals surface area contributed by atoms with Gasteiger partial charge in [0.2, 0.25) is 0 Å². The quantitative estimate of drug-likeness (QED) is 0.727. The van der Waals surface area contributed by atoms with E-state index in [9.17, 15) is 9.90 Å². The van der Waals surface area contributed by atoms with Gasteiger partial charge >= 0.3 is 6.09 Å². The average Bonchev–Trinajstić information content (AvgIpc) is 3.27. The number of ether oxygens (including phenoxy) is 1. The number of benzene rings is 1. The van der Waals surface area contributed by atoms with Crippen molar-refractivity contribution in [3.05, 3.63) is 53.3 Å². The van der Waals surface area contributed by atoms with Gasteiger partial charge in [-0.3, -0.25) is 9.58 Å². The highest BCUT2D eigenvalue weighted by Gasteiger charge is 2.33. The van der Waals surface area contributed by atoms with Gasteiger partial charge in [0, 0.05) is 30.9 Å². The van der Waals surface area contributed by atoms with E-state index in [1.54, 1.807) is 0 Å². The maximum Gasteiger partial charge on any atom is 0.407 e. The van der Waals surface area contributed by atoms with Crippen molar-refractivity contribution in [1.82, 2.24) is 20.0 Å². The van der Waals surface area contributed by atoms with E-state index in [0.29, 0.717) is 19.6 Å². The molecule has 1 aliphatic rings. The molecule has 3 rings (SSSR count). The molecule has 1 aliphatic heterocycles. The summed E-state index contributed by atoms with van der Waals surface area (Å²) >= 11 is 0. The molecule has 1 amide bonds. The van der Waals surface area contributed by atoms with Crippen molar-refractivity contribution in [1.29, 1.82) is 0 Å². The first kappa shape index (κ1) is 22.3. The summed E-state index contributed by atoms with van der Waals surface area (Å²) in [6.45, 7) is 10.3. The van der Waals surface area contributed by atoms with Crippen LogP contribution in [0.2, 0.25) is 0 Å². The Morgan fingerprint density at radius 2 is 2.07 bits per heavy atom. The lowest BCUT2D eigenvalue weighted by molar-refractivity contribution is 0.0499. The van der Waals surface area contributed by atoms with Crippen LogP contribution in [0.25, 0.3) is 0 Å². The van der Waals surface area contributed by atoms with E-state index < -0.39 is 17.8 Å². The third-order valence-corrected chi connectivity index (χ3v) is 5.34. The Bertz CT molecular complexity index is 829. The molecule has 0 spiro atoms. The number of nitrogens with one attached hydrogen (secondary N) is 1. The Balaban J connectivity index is 1.57. The van der Waals surface area contributed by atoms with Crippen LogP contribution in [0.4, 0.5) is 4.79 Å². The number of nitrogens with zero attached hydrogens (tertiary/aromatic N) is 3. The van der Waals surface area contributed by atoms with E-state index in [1.165, 1.54) is 5.56 Å². The number of rotatable bonds is 7. The SMILES string of the molecule is Cc1nn(Cc2ccccc2)cc1C(O)[C@@H]1CCCN1CCNC(=O)OC(C)(C)C. The van der Waals surface area contributed by atoms with Gasteiger partial charge in [0.05, 0.1) is 18.3 Å². The minimum Gasteiger partial charge on any atom is -0.444 e. The number of aromatic nitrogens is 2. The second-order valence-electron chi connectivity index (χ2n) is 8.97. The number of alkyl carbamates (subject to hydrolysis) is 1. The van der Waals surface area contributed by atoms with E-state index in [1.807, 2.05) is 56.8 Å². The molecule has 0 aliphatic carbocycles. The summed E-state index contributed by atoms with van der Waals surface area (Å²) in [6, 6.07) is 10.2. The molecular weight excluding hydrogens is 380 g/mol. The van der Waals surface area contributed by atoms with Gasteiger partial charge in [-0.2, -0.15) is 5.10 Å². The van der Waals surface area contributed by atoms with Crippen molar-refractivity contribution >= 4 is 6.09 Å². The zero-order valence-corrected chi connectivity index (χ0v) is 18.5. The molecule has 0 bridgehead atoms. The number of hydrogen-bond acceptors (Lipinski definition) is 5. The van der Waals surface area contributed by atoms with Gasteiger partial charge in [0.1, 0.15) is 5.60 Å². The smallest absolute Gasteiger partial charge is 0.407 e. The molecule has 1 unspecified atom stereocenters. The molecule has 7 nitrogen and oxygen atoms in total. The Kier molecular flexibility index (Phi) is 7.15. The van der Waals surface area contributed by atoms with Crippen molar-refractivity contribution in [2.24, 2.45) is 0 Å². The fraction of sp³-hybridized carbons (Fsp3) is 0.565. The van der Waals surface area contributed by atoms with E-state index in [-0.39, 0.29) is 6.04 Å². The lowest BCUT2D eigenvalue weighted by Crippen LogP contribution is -2.41. The molecule has 1 fully saturated rings. The van der Waals surface area contributed by atoms with E-state index in [0.717, 1.165) is 30.6 Å². The van der Waals surface area contributed by atoms with E-state index in [2.05, 4.69) is 27.4 Å². The van der Waals surface area contributed by atoms with Crippen LogP contribution in [-0.2, 0) is 11.3 Å². The number of carbonyl (C=O) groups excluding carboxylic acids is 1. The third-order valence-electron chi connectivity index (χ3n) is 5.34. The van der Waals surface area contributed by atoms with Gasteiger partial charge in [-0.05, 0) is 52.6 Å². The van der Waals surface area contributed by atoms with Crippen LogP contribution in [0.5, 0.6) is 0 Å². The van der Waals surface area contributed by atoms with Crippen molar-refractivity contribution in [2.45, 2.75) is 64.8 Å². The first-order chi connectivity index (χ1) is 14.2. The first-order valence-corrected chi connectivity index (χ1v) is 10.7. The lowest BCUT2D eigenvalue weighted by atomic mass is 10.0.